The SMILES string of the molecule is COC(=O)c1cccc(S(=O)(=O)Nc2ccccc2C(=O)N2CCCCCC2)c1. The summed E-state index contributed by atoms with van der Waals surface area (Å²) in [5, 5.41) is 0. The van der Waals surface area contributed by atoms with Crippen molar-refractivity contribution in [1.29, 1.82) is 0 Å². The summed E-state index contributed by atoms with van der Waals surface area (Å²) in [4.78, 5) is 26.4. The van der Waals surface area contributed by atoms with Gasteiger partial charge in [0.2, 0.25) is 0 Å². The zero-order chi connectivity index (χ0) is 20.9. The molecule has 0 atom stereocenters. The number of sulfonamides is 1. The maximum Gasteiger partial charge on any atom is 0.337 e. The number of rotatable bonds is 5. The molecule has 154 valence electrons. The molecular weight excluding hydrogens is 392 g/mol. The standard InChI is InChI=1S/C21H24N2O5S/c1-28-21(25)16-9-8-10-17(15-16)29(26,27)22-19-12-5-4-11-18(19)20(24)23-13-6-2-3-7-14-23/h4-5,8-12,15,22H,2-3,6-7,13-14H2,1H3. The third-order valence-electron chi connectivity index (χ3n) is 4.86. The second-order valence-electron chi connectivity index (χ2n) is 6.88. The summed E-state index contributed by atoms with van der Waals surface area (Å²) in [6.45, 7) is 1.34. The number of nitrogens with one attached hydrogen (secondary N) is 1. The number of carbonyl (C=O) groups is 2. The van der Waals surface area contributed by atoms with E-state index in [9.17, 15) is 18.0 Å². The molecule has 1 N–H and O–H groups in total. The van der Waals surface area contributed by atoms with Gasteiger partial charge in [-0.05, 0) is 43.2 Å². The van der Waals surface area contributed by atoms with Gasteiger partial charge in [-0.15, -0.1) is 0 Å². The topological polar surface area (TPSA) is 92.8 Å². The van der Waals surface area contributed by atoms with Gasteiger partial charge in [-0.3, -0.25) is 9.52 Å². The summed E-state index contributed by atoms with van der Waals surface area (Å²) < 4.78 is 32.9. The van der Waals surface area contributed by atoms with Crippen LogP contribution in [0.1, 0.15) is 46.4 Å². The van der Waals surface area contributed by atoms with Gasteiger partial charge in [0.05, 0.1) is 28.8 Å². The fraction of sp³-hybridized carbons (Fsp3) is 0.333. The van der Waals surface area contributed by atoms with Gasteiger partial charge >= 0.3 is 5.97 Å². The van der Waals surface area contributed by atoms with Crippen LogP contribution in [0.25, 0.3) is 0 Å². The van der Waals surface area contributed by atoms with Crippen LogP contribution in [0, 0.1) is 0 Å². The number of hydrogen-bond donors (Lipinski definition) is 1. The molecule has 0 aromatic heterocycles. The number of nitrogens with zero attached hydrogens (tertiary/aromatic N) is 1. The Bertz CT molecular complexity index is 996. The molecule has 2 aromatic rings. The first-order valence-corrected chi connectivity index (χ1v) is 11.0. The molecule has 0 aliphatic carbocycles. The summed E-state index contributed by atoms with van der Waals surface area (Å²) in [6.07, 6.45) is 4.07. The van der Waals surface area contributed by atoms with Crippen molar-refractivity contribution >= 4 is 27.6 Å². The lowest BCUT2D eigenvalue weighted by molar-refractivity contribution is 0.0600. The highest BCUT2D eigenvalue weighted by molar-refractivity contribution is 7.92. The molecule has 3 rings (SSSR count). The molecule has 0 bridgehead atoms. The summed E-state index contributed by atoms with van der Waals surface area (Å²) >= 11 is 0. The number of benzene rings is 2. The Morgan fingerprint density at radius 2 is 1.66 bits per heavy atom. The van der Waals surface area contributed by atoms with E-state index in [1.54, 1.807) is 29.2 Å². The van der Waals surface area contributed by atoms with E-state index in [0.29, 0.717) is 18.7 Å². The molecule has 29 heavy (non-hydrogen) atoms. The van der Waals surface area contributed by atoms with Crippen molar-refractivity contribution in [3.63, 3.8) is 0 Å². The molecule has 8 heteroatoms. The average Bonchev–Trinajstić information content (AvgIpc) is 3.02. The molecule has 1 amide bonds. The lowest BCUT2D eigenvalue weighted by Crippen LogP contribution is -2.32. The molecule has 0 radical (unpaired) electrons. The van der Waals surface area contributed by atoms with Gasteiger partial charge in [0.15, 0.2) is 0 Å². The number of para-hydroxylation sites is 1. The van der Waals surface area contributed by atoms with Crippen LogP contribution in [0.15, 0.2) is 53.4 Å². The average molecular weight is 416 g/mol. The van der Waals surface area contributed by atoms with E-state index in [1.165, 1.54) is 31.4 Å². The lowest BCUT2D eigenvalue weighted by atomic mass is 10.1. The predicted molar refractivity (Wildman–Crippen MR) is 109 cm³/mol. The van der Waals surface area contributed by atoms with E-state index >= 15 is 0 Å². The van der Waals surface area contributed by atoms with Gasteiger partial charge in [-0.25, -0.2) is 13.2 Å². The summed E-state index contributed by atoms with van der Waals surface area (Å²) in [7, 11) is -2.77. The second-order valence-corrected chi connectivity index (χ2v) is 8.56. The van der Waals surface area contributed by atoms with Crippen molar-refractivity contribution in [1.82, 2.24) is 4.90 Å². The minimum absolute atomic E-state index is 0.0857. The van der Waals surface area contributed by atoms with Crippen LogP contribution in [-0.4, -0.2) is 45.4 Å². The van der Waals surface area contributed by atoms with E-state index < -0.39 is 16.0 Å². The van der Waals surface area contributed by atoms with Crippen LogP contribution in [-0.2, 0) is 14.8 Å². The van der Waals surface area contributed by atoms with Crippen LogP contribution >= 0.6 is 0 Å². The van der Waals surface area contributed by atoms with E-state index in [0.717, 1.165) is 25.7 Å². The highest BCUT2D eigenvalue weighted by atomic mass is 32.2. The zero-order valence-corrected chi connectivity index (χ0v) is 17.1. The third kappa shape index (κ3) is 4.95. The number of carbonyl (C=O) groups excluding carboxylic acids is 2. The molecule has 1 aliphatic heterocycles. The maximum atomic E-state index is 13.0. The summed E-state index contributed by atoms with van der Waals surface area (Å²) in [5.41, 5.74) is 0.650. The molecule has 7 nitrogen and oxygen atoms in total. The first-order chi connectivity index (χ1) is 13.9. The Labute approximate surface area is 170 Å². The molecule has 0 spiro atoms. The Morgan fingerprint density at radius 1 is 0.966 bits per heavy atom. The molecule has 2 aromatic carbocycles. The molecule has 0 saturated carbocycles. The highest BCUT2D eigenvalue weighted by Gasteiger charge is 2.23. The number of amides is 1. The predicted octanol–water partition coefficient (Wildman–Crippen LogP) is 3.29. The highest BCUT2D eigenvalue weighted by Crippen LogP contribution is 2.23. The van der Waals surface area contributed by atoms with Crippen LogP contribution in [0.2, 0.25) is 0 Å². The van der Waals surface area contributed by atoms with Crippen molar-refractivity contribution in [2.45, 2.75) is 30.6 Å². The van der Waals surface area contributed by atoms with Gasteiger partial charge in [0.25, 0.3) is 15.9 Å². The third-order valence-corrected chi connectivity index (χ3v) is 6.22. The quantitative estimate of drug-likeness (QED) is 0.755. The van der Waals surface area contributed by atoms with Gasteiger partial charge in [-0.1, -0.05) is 31.0 Å². The van der Waals surface area contributed by atoms with Crippen LogP contribution in [0.3, 0.4) is 0 Å². The molecule has 1 heterocycles. The molecule has 1 fully saturated rings. The Hall–Kier alpha value is -2.87. The van der Waals surface area contributed by atoms with Crippen LogP contribution < -0.4 is 4.72 Å². The van der Waals surface area contributed by atoms with Gasteiger partial charge in [0, 0.05) is 13.1 Å². The number of esters is 1. The zero-order valence-electron chi connectivity index (χ0n) is 16.3. The van der Waals surface area contributed by atoms with Crippen LogP contribution in [0.4, 0.5) is 5.69 Å². The Morgan fingerprint density at radius 3 is 2.34 bits per heavy atom. The number of methoxy groups -OCH3 is 1. The van der Waals surface area contributed by atoms with Gasteiger partial charge in [0.1, 0.15) is 0 Å². The van der Waals surface area contributed by atoms with Crippen molar-refractivity contribution in [3.8, 4) is 0 Å². The largest absolute Gasteiger partial charge is 0.465 e. The number of likely N-dealkylation sites (tertiary alicyclic amines) is 1. The first kappa shape index (κ1) is 20.9. The molecule has 0 unspecified atom stereocenters. The second kappa shape index (κ2) is 9.09. The number of ether oxygens (including phenoxy) is 1. The fourth-order valence-corrected chi connectivity index (χ4v) is 4.44. The van der Waals surface area contributed by atoms with E-state index in [2.05, 4.69) is 9.46 Å². The Kier molecular flexibility index (Phi) is 6.53. The fourth-order valence-electron chi connectivity index (χ4n) is 3.31. The van der Waals surface area contributed by atoms with Crippen LogP contribution in [0.5, 0.6) is 0 Å². The number of anilines is 1. The Balaban J connectivity index is 1.88. The maximum absolute atomic E-state index is 13.0. The van der Waals surface area contributed by atoms with E-state index in [4.69, 9.17) is 0 Å². The van der Waals surface area contributed by atoms with E-state index in [1.807, 2.05) is 0 Å². The molecular formula is C21H24N2O5S. The van der Waals surface area contributed by atoms with Crippen molar-refractivity contribution < 1.29 is 22.7 Å². The lowest BCUT2D eigenvalue weighted by Gasteiger charge is -2.22. The van der Waals surface area contributed by atoms with Gasteiger partial charge in [-0.2, -0.15) is 0 Å². The first-order valence-electron chi connectivity index (χ1n) is 9.52. The minimum Gasteiger partial charge on any atom is -0.465 e. The summed E-state index contributed by atoms with van der Waals surface area (Å²) in [5.74, 6) is -0.813. The normalized spacial score (nSPS) is 14.7. The van der Waals surface area contributed by atoms with Crippen molar-refractivity contribution in [3.05, 3.63) is 59.7 Å². The monoisotopic (exact) mass is 416 g/mol. The molecule has 1 aliphatic rings. The van der Waals surface area contributed by atoms with Crippen molar-refractivity contribution in [2.75, 3.05) is 24.9 Å². The summed E-state index contributed by atoms with van der Waals surface area (Å²) in [6, 6.07) is 12.1. The van der Waals surface area contributed by atoms with E-state index in [-0.39, 0.29) is 22.1 Å². The molecule has 1 saturated heterocycles. The minimum atomic E-state index is -4.00. The van der Waals surface area contributed by atoms with Crippen molar-refractivity contribution in [2.24, 2.45) is 0 Å². The smallest absolute Gasteiger partial charge is 0.337 e. The van der Waals surface area contributed by atoms with Gasteiger partial charge < -0.3 is 9.64 Å². The number of hydrogen-bond acceptors (Lipinski definition) is 5.